The fraction of sp³-hybridized carbons (Fsp3) is 0.105. The van der Waals surface area contributed by atoms with Gasteiger partial charge in [0.1, 0.15) is 0 Å². The summed E-state index contributed by atoms with van der Waals surface area (Å²) in [6.45, 7) is 2.75. The Morgan fingerprint density at radius 2 is 2.00 bits per heavy atom. The molecule has 0 aliphatic rings. The number of imidazole rings is 1. The van der Waals surface area contributed by atoms with Gasteiger partial charge in [-0.2, -0.15) is 0 Å². The number of hydrogen-bond donors (Lipinski definition) is 1. The molecule has 4 rings (SSSR count). The lowest BCUT2D eigenvalue weighted by atomic mass is 10.1. The van der Waals surface area contributed by atoms with Gasteiger partial charge < -0.3 is 5.32 Å². The van der Waals surface area contributed by atoms with E-state index in [0.29, 0.717) is 6.54 Å². The Bertz CT molecular complexity index is 975. The van der Waals surface area contributed by atoms with Crippen LogP contribution in [0, 0.1) is 6.92 Å². The van der Waals surface area contributed by atoms with Crippen molar-refractivity contribution in [2.75, 3.05) is 5.32 Å². The maximum Gasteiger partial charge on any atom is 0.180 e. The maximum absolute atomic E-state index is 4.56. The van der Waals surface area contributed by atoms with Crippen molar-refractivity contribution in [3.8, 4) is 11.3 Å². The Morgan fingerprint density at radius 3 is 2.83 bits per heavy atom. The van der Waals surface area contributed by atoms with E-state index in [-0.39, 0.29) is 0 Å². The van der Waals surface area contributed by atoms with E-state index >= 15 is 0 Å². The van der Waals surface area contributed by atoms with Crippen molar-refractivity contribution in [3.05, 3.63) is 78.5 Å². The molecule has 1 N–H and O–H groups in total. The molecule has 24 heavy (non-hydrogen) atoms. The standard InChI is InChI=1S/C19H17N5/c1-14-4-2-6-16(10-14)17-13-23-19-18(21-8-9-24(17)19)22-12-15-5-3-7-20-11-15/h2-11,13H,12H2,1H3,(H,21,22). The second kappa shape index (κ2) is 6.12. The Hall–Kier alpha value is -3.21. The van der Waals surface area contributed by atoms with Gasteiger partial charge in [-0.05, 0) is 24.6 Å². The van der Waals surface area contributed by atoms with Gasteiger partial charge in [0, 0.05) is 36.9 Å². The largest absolute Gasteiger partial charge is 0.363 e. The van der Waals surface area contributed by atoms with E-state index in [1.807, 2.05) is 30.7 Å². The summed E-state index contributed by atoms with van der Waals surface area (Å²) in [7, 11) is 0. The van der Waals surface area contributed by atoms with Crippen LogP contribution in [0.1, 0.15) is 11.1 Å². The van der Waals surface area contributed by atoms with E-state index in [0.717, 1.165) is 28.3 Å². The summed E-state index contributed by atoms with van der Waals surface area (Å²) in [6.07, 6.45) is 9.23. The quantitative estimate of drug-likeness (QED) is 0.624. The molecule has 4 aromatic rings. The van der Waals surface area contributed by atoms with Crippen LogP contribution in [0.2, 0.25) is 0 Å². The number of fused-ring (bicyclic) bond motifs is 1. The fourth-order valence-electron chi connectivity index (χ4n) is 2.75. The van der Waals surface area contributed by atoms with Gasteiger partial charge >= 0.3 is 0 Å². The Kier molecular flexibility index (Phi) is 3.67. The molecule has 0 radical (unpaired) electrons. The second-order valence-corrected chi connectivity index (χ2v) is 5.70. The molecule has 0 aliphatic carbocycles. The predicted molar refractivity (Wildman–Crippen MR) is 94.7 cm³/mol. The van der Waals surface area contributed by atoms with Gasteiger partial charge in [-0.25, -0.2) is 9.97 Å². The van der Waals surface area contributed by atoms with Crippen LogP contribution in [0.5, 0.6) is 0 Å². The zero-order valence-corrected chi connectivity index (χ0v) is 13.3. The van der Waals surface area contributed by atoms with Crippen LogP contribution in [-0.4, -0.2) is 19.4 Å². The smallest absolute Gasteiger partial charge is 0.180 e. The molecule has 0 atom stereocenters. The number of nitrogens with zero attached hydrogens (tertiary/aromatic N) is 4. The third-order valence-electron chi connectivity index (χ3n) is 3.92. The fourth-order valence-corrected chi connectivity index (χ4v) is 2.75. The highest BCUT2D eigenvalue weighted by Gasteiger charge is 2.10. The molecule has 0 aliphatic heterocycles. The molecule has 5 nitrogen and oxygen atoms in total. The van der Waals surface area contributed by atoms with E-state index in [1.165, 1.54) is 5.56 Å². The molecule has 3 heterocycles. The van der Waals surface area contributed by atoms with Gasteiger partial charge in [0.2, 0.25) is 0 Å². The molecule has 3 aromatic heterocycles. The zero-order valence-electron chi connectivity index (χ0n) is 13.3. The summed E-state index contributed by atoms with van der Waals surface area (Å²) < 4.78 is 2.06. The molecule has 5 heteroatoms. The van der Waals surface area contributed by atoms with Gasteiger partial charge in [-0.1, -0.05) is 29.8 Å². The normalized spacial score (nSPS) is 10.9. The average Bonchev–Trinajstić information content (AvgIpc) is 3.05. The van der Waals surface area contributed by atoms with Gasteiger partial charge in [-0.3, -0.25) is 9.38 Å². The molecule has 0 amide bonds. The van der Waals surface area contributed by atoms with Crippen LogP contribution in [0.15, 0.2) is 67.4 Å². The van der Waals surface area contributed by atoms with Crippen molar-refractivity contribution in [3.63, 3.8) is 0 Å². The summed E-state index contributed by atoms with van der Waals surface area (Å²) in [4.78, 5) is 13.1. The zero-order chi connectivity index (χ0) is 16.4. The lowest BCUT2D eigenvalue weighted by molar-refractivity contribution is 1.06. The van der Waals surface area contributed by atoms with Crippen molar-refractivity contribution in [2.45, 2.75) is 13.5 Å². The Morgan fingerprint density at radius 1 is 1.04 bits per heavy atom. The van der Waals surface area contributed by atoms with Crippen molar-refractivity contribution in [1.82, 2.24) is 19.4 Å². The van der Waals surface area contributed by atoms with Crippen LogP contribution >= 0.6 is 0 Å². The Balaban J connectivity index is 1.69. The summed E-state index contributed by atoms with van der Waals surface area (Å²) in [5, 5.41) is 3.35. The molecule has 0 bridgehead atoms. The molecule has 0 spiro atoms. The molecule has 118 valence electrons. The van der Waals surface area contributed by atoms with Gasteiger partial charge in [-0.15, -0.1) is 0 Å². The first-order chi connectivity index (χ1) is 11.8. The van der Waals surface area contributed by atoms with Crippen molar-refractivity contribution >= 4 is 11.5 Å². The highest BCUT2D eigenvalue weighted by atomic mass is 15.1. The molecular formula is C19H17N5. The minimum Gasteiger partial charge on any atom is -0.363 e. The van der Waals surface area contributed by atoms with Gasteiger partial charge in [0.05, 0.1) is 11.9 Å². The summed E-state index contributed by atoms with van der Waals surface area (Å²) >= 11 is 0. The van der Waals surface area contributed by atoms with E-state index < -0.39 is 0 Å². The first kappa shape index (κ1) is 14.4. The predicted octanol–water partition coefficient (Wildman–Crippen LogP) is 3.71. The monoisotopic (exact) mass is 315 g/mol. The van der Waals surface area contributed by atoms with Gasteiger partial charge in [0.15, 0.2) is 11.5 Å². The van der Waals surface area contributed by atoms with Crippen LogP contribution in [0.4, 0.5) is 5.82 Å². The number of pyridine rings is 1. The van der Waals surface area contributed by atoms with Crippen molar-refractivity contribution < 1.29 is 0 Å². The summed E-state index contributed by atoms with van der Waals surface area (Å²) in [5.74, 6) is 0.764. The number of rotatable bonds is 4. The number of aromatic nitrogens is 4. The number of anilines is 1. The second-order valence-electron chi connectivity index (χ2n) is 5.70. The highest BCUT2D eigenvalue weighted by molar-refractivity contribution is 5.70. The van der Waals surface area contributed by atoms with E-state index in [2.05, 4.69) is 55.9 Å². The minimum absolute atomic E-state index is 0.660. The maximum atomic E-state index is 4.56. The topological polar surface area (TPSA) is 55.1 Å². The van der Waals surface area contributed by atoms with Crippen molar-refractivity contribution in [1.29, 1.82) is 0 Å². The number of benzene rings is 1. The molecule has 0 fully saturated rings. The first-order valence-electron chi connectivity index (χ1n) is 7.83. The third kappa shape index (κ3) is 2.72. The van der Waals surface area contributed by atoms with Crippen LogP contribution in [0.3, 0.4) is 0 Å². The summed E-state index contributed by atoms with van der Waals surface area (Å²) in [6, 6.07) is 12.4. The third-order valence-corrected chi connectivity index (χ3v) is 3.92. The van der Waals surface area contributed by atoms with E-state index in [9.17, 15) is 0 Å². The van der Waals surface area contributed by atoms with E-state index in [4.69, 9.17) is 0 Å². The number of nitrogens with one attached hydrogen (secondary N) is 1. The minimum atomic E-state index is 0.660. The van der Waals surface area contributed by atoms with Crippen molar-refractivity contribution in [2.24, 2.45) is 0 Å². The lowest BCUT2D eigenvalue weighted by Gasteiger charge is -2.08. The first-order valence-corrected chi connectivity index (χ1v) is 7.83. The highest BCUT2D eigenvalue weighted by Crippen LogP contribution is 2.24. The Labute approximate surface area is 140 Å². The van der Waals surface area contributed by atoms with Crippen LogP contribution in [-0.2, 0) is 6.54 Å². The number of aryl methyl sites for hydroxylation is 1. The molecular weight excluding hydrogens is 298 g/mol. The molecule has 0 saturated carbocycles. The molecule has 0 unspecified atom stereocenters. The van der Waals surface area contributed by atoms with Crippen LogP contribution in [0.25, 0.3) is 16.9 Å². The number of hydrogen-bond acceptors (Lipinski definition) is 4. The molecule has 1 aromatic carbocycles. The lowest BCUT2D eigenvalue weighted by Crippen LogP contribution is -2.04. The SMILES string of the molecule is Cc1cccc(-c2cnc3c(NCc4cccnc4)nccn23)c1. The van der Waals surface area contributed by atoms with E-state index in [1.54, 1.807) is 12.4 Å². The van der Waals surface area contributed by atoms with Crippen LogP contribution < -0.4 is 5.32 Å². The summed E-state index contributed by atoms with van der Waals surface area (Å²) in [5.41, 5.74) is 5.35. The molecule has 0 saturated heterocycles. The average molecular weight is 315 g/mol. The van der Waals surface area contributed by atoms with Gasteiger partial charge in [0.25, 0.3) is 0 Å².